The summed E-state index contributed by atoms with van der Waals surface area (Å²) in [6.45, 7) is 9.05. The van der Waals surface area contributed by atoms with Gasteiger partial charge in [-0.2, -0.15) is 0 Å². The van der Waals surface area contributed by atoms with E-state index < -0.39 is 5.97 Å². The summed E-state index contributed by atoms with van der Waals surface area (Å²) in [5.74, 6) is -0.991. The van der Waals surface area contributed by atoms with Crippen LogP contribution in [0.2, 0.25) is 0 Å². The van der Waals surface area contributed by atoms with Crippen LogP contribution in [0.15, 0.2) is 31.4 Å². The average Bonchev–Trinajstić information content (AvgIpc) is 2.17. The number of carboxylic acids is 1. The van der Waals surface area contributed by atoms with Gasteiger partial charge < -0.3 is 5.11 Å². The maximum absolute atomic E-state index is 10.7. The molecule has 0 amide bonds. The molecule has 0 saturated carbocycles. The molecular weight excluding hydrogens is 176 g/mol. The second-order valence-electron chi connectivity index (χ2n) is 3.01. The summed E-state index contributed by atoms with van der Waals surface area (Å²) in [6, 6.07) is 5.44. The van der Waals surface area contributed by atoms with Crippen molar-refractivity contribution < 1.29 is 9.90 Å². The number of carboxylic acid groups (broad SMARTS) is 1. The van der Waals surface area contributed by atoms with Gasteiger partial charge in [-0.15, -0.1) is 0 Å². The Morgan fingerprint density at radius 1 is 1.50 bits per heavy atom. The molecule has 14 heavy (non-hydrogen) atoms. The molecule has 0 fully saturated rings. The highest BCUT2D eigenvalue weighted by molar-refractivity contribution is 6.15. The van der Waals surface area contributed by atoms with Gasteiger partial charge in [0.1, 0.15) is 0 Å². The van der Waals surface area contributed by atoms with Crippen molar-refractivity contribution in [2.45, 2.75) is 6.92 Å². The predicted molar refractivity (Wildman–Crippen MR) is 57.9 cm³/mol. The van der Waals surface area contributed by atoms with Gasteiger partial charge in [-0.3, -0.25) is 0 Å². The Hall–Kier alpha value is -1.83. The van der Waals surface area contributed by atoms with Gasteiger partial charge >= 0.3 is 5.97 Å². The number of rotatable bonds is 3. The zero-order valence-corrected chi connectivity index (χ0v) is 8.08. The zero-order valence-electron chi connectivity index (χ0n) is 8.08. The third-order valence-electron chi connectivity index (χ3n) is 2.18. The van der Waals surface area contributed by atoms with E-state index in [2.05, 4.69) is 13.2 Å². The van der Waals surface area contributed by atoms with Crippen LogP contribution in [0.25, 0.3) is 11.6 Å². The first-order valence-electron chi connectivity index (χ1n) is 4.22. The molecule has 1 rings (SSSR count). The molecule has 72 valence electrons. The molecule has 0 atom stereocenters. The molecule has 0 radical (unpaired) electrons. The van der Waals surface area contributed by atoms with Gasteiger partial charge in [-0.25, -0.2) is 4.79 Å². The molecule has 0 bridgehead atoms. The van der Waals surface area contributed by atoms with Crippen molar-refractivity contribution in [2.24, 2.45) is 0 Å². The van der Waals surface area contributed by atoms with Crippen LogP contribution >= 0.6 is 0 Å². The summed E-state index contributed by atoms with van der Waals surface area (Å²) in [5, 5.41) is 8.80. The lowest BCUT2D eigenvalue weighted by Gasteiger charge is -2.07. The lowest BCUT2D eigenvalue weighted by Crippen LogP contribution is -2.00. The molecule has 2 heteroatoms. The second-order valence-corrected chi connectivity index (χ2v) is 3.01. The lowest BCUT2D eigenvalue weighted by molar-refractivity contribution is -0.130. The van der Waals surface area contributed by atoms with E-state index >= 15 is 0 Å². The van der Waals surface area contributed by atoms with E-state index in [0.717, 1.165) is 11.1 Å². The minimum atomic E-state index is -0.991. The first-order chi connectivity index (χ1) is 6.57. The van der Waals surface area contributed by atoms with Crippen LogP contribution in [0.1, 0.15) is 16.7 Å². The van der Waals surface area contributed by atoms with E-state index in [0.29, 0.717) is 5.56 Å². The summed E-state index contributed by atoms with van der Waals surface area (Å²) in [7, 11) is 0. The second kappa shape index (κ2) is 3.92. The topological polar surface area (TPSA) is 37.3 Å². The standard InChI is InChI=1S/C12H12O2/c1-4-10-6-5-7-11(8(10)2)9(3)12(13)14/h4-7H,1,3H2,2H3,(H,13,14). The van der Waals surface area contributed by atoms with Crippen LogP contribution in [0, 0.1) is 6.92 Å². The maximum Gasteiger partial charge on any atom is 0.335 e. The van der Waals surface area contributed by atoms with Crippen molar-refractivity contribution in [2.75, 3.05) is 0 Å². The minimum Gasteiger partial charge on any atom is -0.478 e. The Kier molecular flexibility index (Phi) is 2.87. The van der Waals surface area contributed by atoms with Crippen molar-refractivity contribution in [1.82, 2.24) is 0 Å². The smallest absolute Gasteiger partial charge is 0.335 e. The highest BCUT2D eigenvalue weighted by atomic mass is 16.4. The fraction of sp³-hybridized carbons (Fsp3) is 0.0833. The Morgan fingerprint density at radius 2 is 2.14 bits per heavy atom. The molecule has 0 heterocycles. The number of aliphatic carboxylic acids is 1. The van der Waals surface area contributed by atoms with Crippen molar-refractivity contribution in [3.05, 3.63) is 48.0 Å². The monoisotopic (exact) mass is 188 g/mol. The van der Waals surface area contributed by atoms with E-state index in [4.69, 9.17) is 5.11 Å². The van der Waals surface area contributed by atoms with Crippen LogP contribution in [0.5, 0.6) is 0 Å². The Balaban J connectivity index is 3.29. The Bertz CT molecular complexity index is 403. The summed E-state index contributed by atoms with van der Waals surface area (Å²) < 4.78 is 0. The van der Waals surface area contributed by atoms with Gasteiger partial charge in [0.05, 0.1) is 5.57 Å². The molecule has 0 aromatic heterocycles. The van der Waals surface area contributed by atoms with Gasteiger partial charge in [0, 0.05) is 0 Å². The molecule has 0 aliphatic rings. The van der Waals surface area contributed by atoms with E-state index in [1.54, 1.807) is 18.2 Å². The number of carbonyl (C=O) groups is 1. The quantitative estimate of drug-likeness (QED) is 0.740. The highest BCUT2D eigenvalue weighted by Gasteiger charge is 2.10. The largest absolute Gasteiger partial charge is 0.478 e. The van der Waals surface area contributed by atoms with Gasteiger partial charge in [0.25, 0.3) is 0 Å². The summed E-state index contributed by atoms with van der Waals surface area (Å²) >= 11 is 0. The predicted octanol–water partition coefficient (Wildman–Crippen LogP) is 2.74. The SMILES string of the molecule is C=Cc1cccc(C(=C)C(=O)O)c1C. The molecule has 0 unspecified atom stereocenters. The first kappa shape index (κ1) is 10.3. The van der Waals surface area contributed by atoms with Crippen LogP contribution < -0.4 is 0 Å². The summed E-state index contributed by atoms with van der Waals surface area (Å²) in [6.07, 6.45) is 1.70. The van der Waals surface area contributed by atoms with Gasteiger partial charge in [-0.1, -0.05) is 37.4 Å². The number of hydrogen-bond donors (Lipinski definition) is 1. The molecule has 1 aromatic rings. The van der Waals surface area contributed by atoms with Crippen LogP contribution in [-0.2, 0) is 4.79 Å². The molecule has 1 aromatic carbocycles. The van der Waals surface area contributed by atoms with E-state index in [1.165, 1.54) is 0 Å². The van der Waals surface area contributed by atoms with Crippen LogP contribution in [0.4, 0.5) is 0 Å². The highest BCUT2D eigenvalue weighted by Crippen LogP contribution is 2.21. The van der Waals surface area contributed by atoms with Crippen molar-refractivity contribution in [3.63, 3.8) is 0 Å². The molecule has 0 aliphatic heterocycles. The molecule has 0 saturated heterocycles. The van der Waals surface area contributed by atoms with Crippen molar-refractivity contribution in [3.8, 4) is 0 Å². The van der Waals surface area contributed by atoms with Crippen LogP contribution in [-0.4, -0.2) is 11.1 Å². The van der Waals surface area contributed by atoms with Gasteiger partial charge in [0.15, 0.2) is 0 Å². The molecule has 1 N–H and O–H groups in total. The molecule has 0 aliphatic carbocycles. The van der Waals surface area contributed by atoms with E-state index in [9.17, 15) is 4.79 Å². The van der Waals surface area contributed by atoms with Crippen LogP contribution in [0.3, 0.4) is 0 Å². The zero-order chi connectivity index (χ0) is 10.7. The molecule has 2 nitrogen and oxygen atoms in total. The molecular formula is C12H12O2. The minimum absolute atomic E-state index is 0.117. The van der Waals surface area contributed by atoms with Crippen molar-refractivity contribution >= 4 is 17.6 Å². The van der Waals surface area contributed by atoms with E-state index in [-0.39, 0.29) is 5.57 Å². The molecule has 0 spiro atoms. The maximum atomic E-state index is 10.7. The Morgan fingerprint density at radius 3 is 2.64 bits per heavy atom. The van der Waals surface area contributed by atoms with E-state index in [1.807, 2.05) is 13.0 Å². The Labute approximate surface area is 83.2 Å². The van der Waals surface area contributed by atoms with Gasteiger partial charge in [0.2, 0.25) is 0 Å². The fourth-order valence-electron chi connectivity index (χ4n) is 1.32. The summed E-state index contributed by atoms with van der Waals surface area (Å²) in [4.78, 5) is 10.7. The average molecular weight is 188 g/mol. The lowest BCUT2D eigenvalue weighted by atomic mass is 9.97. The first-order valence-corrected chi connectivity index (χ1v) is 4.22. The summed E-state index contributed by atoms with van der Waals surface area (Å²) in [5.41, 5.74) is 2.61. The third kappa shape index (κ3) is 1.74. The van der Waals surface area contributed by atoms with Gasteiger partial charge in [-0.05, 0) is 23.6 Å². The normalized spacial score (nSPS) is 9.50. The van der Waals surface area contributed by atoms with Crippen molar-refractivity contribution in [1.29, 1.82) is 0 Å². The third-order valence-corrected chi connectivity index (χ3v) is 2.18. The fourth-order valence-corrected chi connectivity index (χ4v) is 1.32. The number of benzene rings is 1. The number of hydrogen-bond acceptors (Lipinski definition) is 1.